The lowest BCUT2D eigenvalue weighted by molar-refractivity contribution is 0.306. The quantitative estimate of drug-likeness (QED) is 0.333. The van der Waals surface area contributed by atoms with Crippen molar-refractivity contribution in [2.75, 3.05) is 11.9 Å². The van der Waals surface area contributed by atoms with Crippen molar-refractivity contribution in [3.8, 4) is 0 Å². The predicted octanol–water partition coefficient (Wildman–Crippen LogP) is 3.22. The van der Waals surface area contributed by atoms with Crippen LogP contribution < -0.4 is 11.1 Å². The summed E-state index contributed by atoms with van der Waals surface area (Å²) < 4.78 is 0. The summed E-state index contributed by atoms with van der Waals surface area (Å²) in [6, 6.07) is 5.73. The minimum Gasteiger partial charge on any atom is -0.409 e. The maximum absolute atomic E-state index is 8.69. The third-order valence-electron chi connectivity index (χ3n) is 3.07. The van der Waals surface area contributed by atoms with Gasteiger partial charge in [-0.3, -0.25) is 0 Å². The van der Waals surface area contributed by atoms with E-state index >= 15 is 0 Å². The smallest absolute Gasteiger partial charge is 0.144 e. The number of oxime groups is 1. The van der Waals surface area contributed by atoms with Crippen LogP contribution in [0, 0.1) is 12.3 Å². The Kier molecular flexibility index (Phi) is 4.84. The lowest BCUT2D eigenvalue weighted by atomic mass is 9.88. The van der Waals surface area contributed by atoms with E-state index in [1.165, 1.54) is 0 Å². The van der Waals surface area contributed by atoms with Crippen LogP contribution in [0.4, 0.5) is 5.69 Å². The largest absolute Gasteiger partial charge is 0.409 e. The third kappa shape index (κ3) is 3.81. The van der Waals surface area contributed by atoms with E-state index in [-0.39, 0.29) is 11.3 Å². The summed E-state index contributed by atoms with van der Waals surface area (Å²) in [5, 5.41) is 15.8. The highest BCUT2D eigenvalue weighted by Gasteiger charge is 2.22. The molecule has 1 rings (SSSR count). The van der Waals surface area contributed by atoms with Crippen LogP contribution in [0.2, 0.25) is 5.02 Å². The normalized spacial score (nSPS) is 12.6. The topological polar surface area (TPSA) is 70.6 Å². The molecule has 0 saturated carbocycles. The number of nitrogens with zero attached hydrogens (tertiary/aromatic N) is 1. The van der Waals surface area contributed by atoms with E-state index in [0.29, 0.717) is 5.02 Å². The summed E-state index contributed by atoms with van der Waals surface area (Å²) in [5.41, 5.74) is 7.45. The van der Waals surface area contributed by atoms with Crippen LogP contribution in [0.3, 0.4) is 0 Å². The number of nitrogens with one attached hydrogen (secondary N) is 1. The summed E-state index contributed by atoms with van der Waals surface area (Å²) >= 11 is 5.95. The van der Waals surface area contributed by atoms with Crippen molar-refractivity contribution in [1.82, 2.24) is 0 Å². The summed E-state index contributed by atoms with van der Waals surface area (Å²) in [5.74, 6) is 0.243. The molecule has 0 aliphatic carbocycles. The molecule has 0 atom stereocenters. The van der Waals surface area contributed by atoms with Gasteiger partial charge >= 0.3 is 0 Å². The molecule has 1 aromatic rings. The van der Waals surface area contributed by atoms with Crippen molar-refractivity contribution in [2.45, 2.75) is 27.2 Å². The second-order valence-corrected chi connectivity index (χ2v) is 5.44. The van der Waals surface area contributed by atoms with Gasteiger partial charge in [0.1, 0.15) is 5.84 Å². The van der Waals surface area contributed by atoms with Gasteiger partial charge in [0.05, 0.1) is 0 Å². The van der Waals surface area contributed by atoms with Crippen molar-refractivity contribution in [1.29, 1.82) is 0 Å². The molecule has 4 N–H and O–H groups in total. The zero-order chi connectivity index (χ0) is 13.8. The Balaban J connectivity index is 2.59. The first-order valence-corrected chi connectivity index (χ1v) is 6.22. The number of hydrogen-bond acceptors (Lipinski definition) is 3. The van der Waals surface area contributed by atoms with Crippen LogP contribution in [-0.2, 0) is 0 Å². The Hall–Kier alpha value is -1.42. The molecule has 0 fully saturated rings. The molecule has 100 valence electrons. The van der Waals surface area contributed by atoms with Crippen molar-refractivity contribution in [3.63, 3.8) is 0 Å². The molecule has 0 aliphatic rings. The van der Waals surface area contributed by atoms with E-state index in [1.54, 1.807) is 0 Å². The van der Waals surface area contributed by atoms with E-state index in [4.69, 9.17) is 22.5 Å². The summed E-state index contributed by atoms with van der Waals surface area (Å²) in [7, 11) is 0. The molecule has 1 aromatic carbocycles. The van der Waals surface area contributed by atoms with Gasteiger partial charge in [0.25, 0.3) is 0 Å². The number of nitrogens with two attached hydrogens (primary N) is 1. The first-order valence-electron chi connectivity index (χ1n) is 5.85. The number of amidine groups is 1. The molecule has 0 saturated heterocycles. The molecule has 0 radical (unpaired) electrons. The first-order chi connectivity index (χ1) is 8.36. The van der Waals surface area contributed by atoms with E-state index in [9.17, 15) is 0 Å². The molecule has 0 aromatic heterocycles. The van der Waals surface area contributed by atoms with Crippen LogP contribution in [-0.4, -0.2) is 17.6 Å². The highest BCUT2D eigenvalue weighted by atomic mass is 35.5. The Morgan fingerprint density at radius 3 is 2.78 bits per heavy atom. The molecule has 0 heterocycles. The Morgan fingerprint density at radius 2 is 2.17 bits per heavy atom. The van der Waals surface area contributed by atoms with Gasteiger partial charge in [-0.15, -0.1) is 0 Å². The fourth-order valence-electron chi connectivity index (χ4n) is 1.56. The zero-order valence-corrected chi connectivity index (χ0v) is 11.8. The lowest BCUT2D eigenvalue weighted by Crippen LogP contribution is -2.33. The SMILES string of the molecule is Cc1ccc(Cl)cc1NCCC(C)(C)C(N)=NO. The first kappa shape index (κ1) is 14.6. The third-order valence-corrected chi connectivity index (χ3v) is 3.30. The fourth-order valence-corrected chi connectivity index (χ4v) is 1.73. The monoisotopic (exact) mass is 269 g/mol. The number of benzene rings is 1. The van der Waals surface area contributed by atoms with Crippen molar-refractivity contribution < 1.29 is 5.21 Å². The minimum atomic E-state index is -0.339. The standard InChI is InChI=1S/C13H20ClN3O/c1-9-4-5-10(14)8-11(9)16-7-6-13(2,3)12(15)17-18/h4-5,8,16,18H,6-7H2,1-3H3,(H2,15,17). The molecule has 5 heteroatoms. The summed E-state index contributed by atoms with van der Waals surface area (Å²) in [6.45, 7) is 6.63. The molecule has 4 nitrogen and oxygen atoms in total. The Bertz CT molecular complexity index is 444. The number of rotatable bonds is 5. The van der Waals surface area contributed by atoms with Crippen molar-refractivity contribution >= 4 is 23.1 Å². The van der Waals surface area contributed by atoms with Gasteiger partial charge in [-0.05, 0) is 31.0 Å². The lowest BCUT2D eigenvalue weighted by Gasteiger charge is -2.23. The average Bonchev–Trinajstić information content (AvgIpc) is 2.32. The highest BCUT2D eigenvalue weighted by Crippen LogP contribution is 2.23. The summed E-state index contributed by atoms with van der Waals surface area (Å²) in [6.07, 6.45) is 0.759. The average molecular weight is 270 g/mol. The minimum absolute atomic E-state index is 0.243. The second-order valence-electron chi connectivity index (χ2n) is 5.01. The molecular weight excluding hydrogens is 250 g/mol. The second kappa shape index (κ2) is 5.96. The summed E-state index contributed by atoms with van der Waals surface area (Å²) in [4.78, 5) is 0. The number of anilines is 1. The van der Waals surface area contributed by atoms with Gasteiger partial charge in [-0.1, -0.05) is 36.7 Å². The van der Waals surface area contributed by atoms with Gasteiger partial charge in [0.15, 0.2) is 0 Å². The number of halogens is 1. The molecular formula is C13H20ClN3O. The van der Waals surface area contributed by atoms with E-state index in [0.717, 1.165) is 24.2 Å². The Labute approximate surface area is 113 Å². The highest BCUT2D eigenvalue weighted by molar-refractivity contribution is 6.30. The van der Waals surface area contributed by atoms with Gasteiger partial charge in [0, 0.05) is 22.7 Å². The maximum Gasteiger partial charge on any atom is 0.144 e. The van der Waals surface area contributed by atoms with Gasteiger partial charge in [0.2, 0.25) is 0 Å². The van der Waals surface area contributed by atoms with E-state index in [2.05, 4.69) is 10.5 Å². The van der Waals surface area contributed by atoms with Gasteiger partial charge in [-0.2, -0.15) is 0 Å². The van der Waals surface area contributed by atoms with Crippen LogP contribution in [0.15, 0.2) is 23.4 Å². The van der Waals surface area contributed by atoms with E-state index < -0.39 is 0 Å². The molecule has 18 heavy (non-hydrogen) atoms. The Morgan fingerprint density at radius 1 is 1.50 bits per heavy atom. The van der Waals surface area contributed by atoms with Crippen molar-refractivity contribution in [2.24, 2.45) is 16.3 Å². The van der Waals surface area contributed by atoms with Crippen LogP contribution in [0.5, 0.6) is 0 Å². The maximum atomic E-state index is 8.69. The number of hydrogen-bond donors (Lipinski definition) is 3. The van der Waals surface area contributed by atoms with Crippen LogP contribution in [0.25, 0.3) is 0 Å². The molecule has 0 amide bonds. The molecule has 0 bridgehead atoms. The van der Waals surface area contributed by atoms with Gasteiger partial charge < -0.3 is 16.3 Å². The molecule has 0 aliphatic heterocycles. The molecule has 0 unspecified atom stereocenters. The van der Waals surface area contributed by atoms with Crippen LogP contribution in [0.1, 0.15) is 25.8 Å². The zero-order valence-electron chi connectivity index (χ0n) is 11.0. The predicted molar refractivity (Wildman–Crippen MR) is 76.5 cm³/mol. The van der Waals surface area contributed by atoms with Gasteiger partial charge in [-0.25, -0.2) is 0 Å². The molecule has 0 spiro atoms. The van der Waals surface area contributed by atoms with Crippen LogP contribution >= 0.6 is 11.6 Å². The fraction of sp³-hybridized carbons (Fsp3) is 0.462. The van der Waals surface area contributed by atoms with E-state index in [1.807, 2.05) is 39.0 Å². The number of aryl methyl sites for hydroxylation is 1. The van der Waals surface area contributed by atoms with Crippen molar-refractivity contribution in [3.05, 3.63) is 28.8 Å².